The van der Waals surface area contributed by atoms with Gasteiger partial charge in [0.05, 0.1) is 42.3 Å². The van der Waals surface area contributed by atoms with Crippen LogP contribution in [0.25, 0.3) is 22.5 Å². The van der Waals surface area contributed by atoms with E-state index in [0.29, 0.717) is 65.5 Å². The first-order chi connectivity index (χ1) is 35.4. The molecule has 1 saturated carbocycles. The maximum atomic E-state index is 14.9. The van der Waals surface area contributed by atoms with Crippen LogP contribution in [0.1, 0.15) is 90.8 Å². The molecule has 4 atom stereocenters. The van der Waals surface area contributed by atoms with Crippen LogP contribution >= 0.6 is 0 Å². The lowest BCUT2D eigenvalue weighted by Crippen LogP contribution is -2.57. The van der Waals surface area contributed by atoms with Gasteiger partial charge in [0.15, 0.2) is 5.82 Å². The van der Waals surface area contributed by atoms with E-state index in [-0.39, 0.29) is 54.8 Å². The van der Waals surface area contributed by atoms with E-state index in [1.807, 2.05) is 30.3 Å². The Balaban J connectivity index is 1.39. The third-order valence-corrected chi connectivity index (χ3v) is 13.1. The molecule has 3 aromatic carbocycles. The predicted molar refractivity (Wildman–Crippen MR) is 274 cm³/mol. The molecule has 2 heterocycles. The summed E-state index contributed by atoms with van der Waals surface area (Å²) in [7, 11) is -3.17. The summed E-state index contributed by atoms with van der Waals surface area (Å²) in [4.78, 5) is 81.5. The number of nitrogens with one attached hydrogen (secondary N) is 5. The van der Waals surface area contributed by atoms with Crippen molar-refractivity contribution in [3.05, 3.63) is 88.7 Å². The monoisotopic (exact) mass is 1040 g/mol. The fraction of sp³-hybridized carbons (Fsp3) is 0.451. The summed E-state index contributed by atoms with van der Waals surface area (Å²) >= 11 is 0. The number of hydrogen-bond donors (Lipinski definition) is 8. The minimum absolute atomic E-state index is 0.0128. The van der Waals surface area contributed by atoms with Gasteiger partial charge in [-0.25, -0.2) is 15.1 Å². The van der Waals surface area contributed by atoms with Crippen LogP contribution in [0.3, 0.4) is 0 Å². The molecule has 0 saturated heterocycles. The van der Waals surface area contributed by atoms with Gasteiger partial charge in [0.2, 0.25) is 23.6 Å². The molecule has 1 aromatic heterocycles. The molecule has 22 nitrogen and oxygen atoms in total. The highest BCUT2D eigenvalue weighted by Crippen LogP contribution is 2.40. The van der Waals surface area contributed by atoms with E-state index in [1.54, 1.807) is 50.2 Å². The summed E-state index contributed by atoms with van der Waals surface area (Å²) in [6.07, 6.45) is 6.58. The van der Waals surface area contributed by atoms with E-state index >= 15 is 0 Å². The zero-order valence-corrected chi connectivity index (χ0v) is 42.9. The van der Waals surface area contributed by atoms with Gasteiger partial charge in [-0.15, -0.1) is 0 Å². The number of aromatic nitrogens is 2. The summed E-state index contributed by atoms with van der Waals surface area (Å²) < 4.78 is 45.4. The maximum Gasteiger partial charge on any atom is 0.274 e. The van der Waals surface area contributed by atoms with Crippen molar-refractivity contribution in [1.82, 2.24) is 40.9 Å². The van der Waals surface area contributed by atoms with Gasteiger partial charge >= 0.3 is 0 Å². The molecular weight excluding hydrogens is 973 g/mol. The Kier molecular flexibility index (Phi) is 19.8. The number of carbonyl (C=O) groups excluding carboxylic acids is 5. The van der Waals surface area contributed by atoms with Crippen molar-refractivity contribution in [2.75, 3.05) is 46.4 Å². The number of amides is 5. The first-order valence-electron chi connectivity index (χ1n) is 24.6. The van der Waals surface area contributed by atoms with E-state index in [4.69, 9.17) is 30.8 Å². The molecule has 396 valence electrons. The van der Waals surface area contributed by atoms with E-state index in [9.17, 15) is 37.7 Å². The minimum Gasteiger partial charge on any atom is -0.493 e. The summed E-state index contributed by atoms with van der Waals surface area (Å²) in [5.74, 6) is -2.32. The molecule has 0 radical (unpaired) electrons. The van der Waals surface area contributed by atoms with Crippen molar-refractivity contribution < 1.29 is 46.6 Å². The van der Waals surface area contributed by atoms with Crippen molar-refractivity contribution in [1.29, 1.82) is 5.26 Å². The van der Waals surface area contributed by atoms with Gasteiger partial charge in [0.25, 0.3) is 16.1 Å². The third-order valence-electron chi connectivity index (χ3n) is 12.6. The average molecular weight is 1040 g/mol. The molecule has 11 N–H and O–H groups in total. The van der Waals surface area contributed by atoms with Crippen LogP contribution in [0.4, 0.5) is 0 Å². The highest BCUT2D eigenvalue weighted by atomic mass is 32.2. The van der Waals surface area contributed by atoms with Gasteiger partial charge in [-0.2, -0.15) is 18.4 Å². The number of ether oxygens (including phenoxy) is 3. The minimum atomic E-state index is -4.45. The molecule has 5 amide bonds. The molecule has 6 rings (SSSR count). The lowest BCUT2D eigenvalue weighted by molar-refractivity contribution is -0.141. The molecule has 2 aliphatic rings. The molecule has 1 aliphatic carbocycles. The summed E-state index contributed by atoms with van der Waals surface area (Å²) in [5.41, 5.74) is 14.4. The van der Waals surface area contributed by atoms with Gasteiger partial charge in [-0.05, 0) is 132 Å². The fourth-order valence-corrected chi connectivity index (χ4v) is 9.16. The number of nitrogens with two attached hydrogens (primary N) is 3. The Labute approximate surface area is 431 Å². The zero-order chi connectivity index (χ0) is 53.5. The normalized spacial score (nSPS) is 17.6. The maximum absolute atomic E-state index is 14.9. The van der Waals surface area contributed by atoms with Crippen LogP contribution in [0.5, 0.6) is 17.2 Å². The van der Waals surface area contributed by atoms with Gasteiger partial charge < -0.3 is 51.8 Å². The number of hydrogen-bond acceptors (Lipinski definition) is 15. The van der Waals surface area contributed by atoms with Crippen LogP contribution in [-0.2, 0) is 35.8 Å². The number of rotatable bonds is 20. The Morgan fingerprint density at radius 2 is 1.50 bits per heavy atom. The molecule has 23 heteroatoms. The molecule has 1 fully saturated rings. The second-order valence-electron chi connectivity index (χ2n) is 18.2. The SMILES string of the molecule is Cc1nc(-c2ccc(OC3CCCCC3)cc2)nc(C)c1C(=O)NC(CNS(N)(=O)=O)C(=O)N(C)[C@@H]1C(=O)N[C@@H](C)C(=O)N[C@H](C(=O)NCC#N)Cc2ccc(OCCCN)c(c2)-c2cc1ccc2OCCCN. The van der Waals surface area contributed by atoms with Crippen LogP contribution < -0.4 is 56.8 Å². The lowest BCUT2D eigenvalue weighted by Gasteiger charge is -2.32. The van der Waals surface area contributed by atoms with Crippen molar-refractivity contribution in [3.8, 4) is 45.8 Å². The first kappa shape index (κ1) is 56.1. The van der Waals surface area contributed by atoms with Crippen LogP contribution in [-0.4, -0.2) is 123 Å². The van der Waals surface area contributed by atoms with E-state index < -0.39 is 70.5 Å². The van der Waals surface area contributed by atoms with E-state index in [2.05, 4.69) is 36.0 Å². The smallest absolute Gasteiger partial charge is 0.274 e. The number of nitrogens with zero attached hydrogens (tertiary/aromatic N) is 4. The summed E-state index contributed by atoms with van der Waals surface area (Å²) in [5, 5.41) is 25.0. The van der Waals surface area contributed by atoms with E-state index in [0.717, 1.165) is 36.3 Å². The second-order valence-corrected chi connectivity index (χ2v) is 19.6. The highest BCUT2D eigenvalue weighted by Gasteiger charge is 2.37. The first-order valence-corrected chi connectivity index (χ1v) is 26.1. The number of benzene rings is 3. The number of carbonyl (C=O) groups is 5. The predicted octanol–water partition coefficient (Wildman–Crippen LogP) is 1.87. The Hall–Kier alpha value is -7.23. The zero-order valence-electron chi connectivity index (χ0n) is 42.1. The van der Waals surface area contributed by atoms with Crippen molar-refractivity contribution in [2.24, 2.45) is 16.6 Å². The summed E-state index contributed by atoms with van der Waals surface area (Å²) in [6.45, 7) is 4.57. The van der Waals surface area contributed by atoms with Gasteiger partial charge in [-0.1, -0.05) is 18.6 Å². The van der Waals surface area contributed by atoms with Gasteiger partial charge in [-0.3, -0.25) is 24.0 Å². The van der Waals surface area contributed by atoms with Gasteiger partial charge in [0, 0.05) is 36.7 Å². The molecule has 1 unspecified atom stereocenters. The van der Waals surface area contributed by atoms with Crippen molar-refractivity contribution in [3.63, 3.8) is 0 Å². The molecule has 1 aliphatic heterocycles. The fourth-order valence-electron chi connectivity index (χ4n) is 8.76. The molecule has 0 spiro atoms. The number of likely N-dealkylation sites (N-methyl/N-ethyl adjacent to an activating group) is 1. The summed E-state index contributed by atoms with van der Waals surface area (Å²) in [6, 6.07) is 13.3. The number of aryl methyl sites for hydroxylation is 2. The van der Waals surface area contributed by atoms with Gasteiger partial charge in [0.1, 0.15) is 48.0 Å². The van der Waals surface area contributed by atoms with Crippen molar-refractivity contribution in [2.45, 2.75) is 102 Å². The van der Waals surface area contributed by atoms with E-state index in [1.165, 1.54) is 20.4 Å². The number of nitriles is 1. The van der Waals surface area contributed by atoms with Crippen LogP contribution in [0.2, 0.25) is 0 Å². The molecular formula is C51H66N12O10S. The third kappa shape index (κ3) is 14.9. The quantitative estimate of drug-likeness (QED) is 0.0463. The Morgan fingerprint density at radius 3 is 2.11 bits per heavy atom. The second kappa shape index (κ2) is 26.1. The Bertz CT molecular complexity index is 2800. The standard InChI is InChI=1S/C51H66N12O10S/c1-30-44(31(2)59-46(58-30)34-13-16-37(17-14-34)73-36-10-6-5-7-11-36)49(66)62-41(29-57-74(55,69)70)51(68)63(4)45-35-15-19-43(72-25-9-21-53)39(28-35)38-26-33(12-18-42(38)71-24-8-20-52)27-40(48(65)56-23-22-54)61-47(64)32(3)60-50(45)67/h12-19,26,28,32,36,40-41,45,57H,5-11,20-21,23-25,27,29,52-53H2,1-4H3,(H,56,65)(H,60,67)(H,61,64)(H,62,66)(H2,55,69,70)/t32-,40-,41?,45-/m0/s1. The lowest BCUT2D eigenvalue weighted by atomic mass is 9.93. The number of fused-ring (bicyclic) bond motifs is 5. The van der Waals surface area contributed by atoms with Crippen molar-refractivity contribution >= 4 is 39.7 Å². The molecule has 4 bridgehead atoms. The Morgan fingerprint density at radius 1 is 0.878 bits per heavy atom. The van der Waals surface area contributed by atoms with Crippen LogP contribution in [0, 0.1) is 25.2 Å². The topological polar surface area (TPSA) is 338 Å². The largest absolute Gasteiger partial charge is 0.493 e. The molecule has 74 heavy (non-hydrogen) atoms. The van der Waals surface area contributed by atoms with Crippen LogP contribution in [0.15, 0.2) is 60.7 Å². The average Bonchev–Trinajstić information content (AvgIpc) is 3.37. The molecule has 4 aromatic rings. The highest BCUT2D eigenvalue weighted by molar-refractivity contribution is 7.87.